The van der Waals surface area contributed by atoms with Gasteiger partial charge in [0.2, 0.25) is 5.95 Å². The van der Waals surface area contributed by atoms with Crippen LogP contribution in [0.3, 0.4) is 0 Å². The normalized spacial score (nSPS) is 19.2. The van der Waals surface area contributed by atoms with Crippen LogP contribution < -0.4 is 16.0 Å². The number of hydrogen-bond donors (Lipinski definition) is 3. The van der Waals surface area contributed by atoms with E-state index in [0.717, 1.165) is 22.4 Å². The molecule has 2 aromatic heterocycles. The number of hydrogen-bond acceptors (Lipinski definition) is 8. The minimum absolute atomic E-state index is 0.0207. The Bertz CT molecular complexity index is 1610. The molecule has 204 valence electrons. The molecule has 3 aromatic carbocycles. The molecular formula is C30H29N5O5. The zero-order chi connectivity index (χ0) is 27.7. The van der Waals surface area contributed by atoms with Crippen LogP contribution in [0.5, 0.6) is 5.75 Å². The van der Waals surface area contributed by atoms with E-state index >= 15 is 0 Å². The number of benzene rings is 3. The second-order valence-corrected chi connectivity index (χ2v) is 9.66. The fourth-order valence-electron chi connectivity index (χ4n) is 5.32. The van der Waals surface area contributed by atoms with E-state index in [1.165, 1.54) is 6.33 Å². The molecule has 3 atom stereocenters. The summed E-state index contributed by atoms with van der Waals surface area (Å²) in [6.45, 7) is 0.0796. The predicted molar refractivity (Wildman–Crippen MR) is 149 cm³/mol. The summed E-state index contributed by atoms with van der Waals surface area (Å²) in [6.07, 6.45) is -0.359. The molecule has 0 saturated carbocycles. The van der Waals surface area contributed by atoms with E-state index in [9.17, 15) is 9.90 Å². The Hall–Kier alpha value is -4.51. The van der Waals surface area contributed by atoms with Gasteiger partial charge in [-0.25, -0.2) is 4.98 Å². The SMILES string of the molecule is COc1ccc(C(OC[C@H]2O[C@@H](n3cnc4c(=O)[nH]c(N)nc43)C[C@@H]2O)(c2ccccc2)c2ccccc2)cc1. The van der Waals surface area contributed by atoms with Crippen LogP contribution in [0.25, 0.3) is 11.2 Å². The van der Waals surface area contributed by atoms with E-state index in [2.05, 4.69) is 15.0 Å². The average Bonchev–Trinajstić information content (AvgIpc) is 3.58. The summed E-state index contributed by atoms with van der Waals surface area (Å²) in [5.41, 5.74) is 7.52. The van der Waals surface area contributed by atoms with E-state index in [1.54, 1.807) is 11.7 Å². The smallest absolute Gasteiger partial charge is 0.280 e. The third kappa shape index (κ3) is 4.51. The average molecular weight is 540 g/mol. The number of aromatic amines is 1. The number of nitrogen functional groups attached to an aromatic ring is 1. The number of methoxy groups -OCH3 is 1. The molecule has 0 unspecified atom stereocenters. The number of anilines is 1. The molecule has 0 spiro atoms. The van der Waals surface area contributed by atoms with Crippen LogP contribution in [-0.4, -0.2) is 50.6 Å². The van der Waals surface area contributed by atoms with E-state index in [4.69, 9.17) is 19.9 Å². The van der Waals surface area contributed by atoms with Crippen molar-refractivity contribution in [2.75, 3.05) is 19.5 Å². The van der Waals surface area contributed by atoms with Gasteiger partial charge in [0.25, 0.3) is 5.56 Å². The number of rotatable bonds is 8. The predicted octanol–water partition coefficient (Wildman–Crippen LogP) is 3.37. The summed E-state index contributed by atoms with van der Waals surface area (Å²) >= 11 is 0. The van der Waals surface area contributed by atoms with Crippen LogP contribution in [0.1, 0.15) is 29.3 Å². The van der Waals surface area contributed by atoms with Gasteiger partial charge in [0.1, 0.15) is 23.7 Å². The highest BCUT2D eigenvalue weighted by Crippen LogP contribution is 2.42. The van der Waals surface area contributed by atoms with Crippen LogP contribution in [0.15, 0.2) is 96.1 Å². The molecule has 1 aliphatic rings. The first-order valence-corrected chi connectivity index (χ1v) is 12.9. The van der Waals surface area contributed by atoms with Crippen molar-refractivity contribution in [3.05, 3.63) is 118 Å². The molecular weight excluding hydrogens is 510 g/mol. The molecule has 10 nitrogen and oxygen atoms in total. The Kier molecular flexibility index (Phi) is 6.81. The fraction of sp³-hybridized carbons (Fsp3) is 0.233. The maximum atomic E-state index is 12.2. The lowest BCUT2D eigenvalue weighted by molar-refractivity contribution is -0.0930. The lowest BCUT2D eigenvalue weighted by atomic mass is 9.80. The van der Waals surface area contributed by atoms with Crippen molar-refractivity contribution < 1.29 is 19.3 Å². The summed E-state index contributed by atoms with van der Waals surface area (Å²) in [7, 11) is 1.63. The van der Waals surface area contributed by atoms with Gasteiger partial charge in [-0.2, -0.15) is 4.98 Å². The first-order valence-electron chi connectivity index (χ1n) is 12.9. The highest BCUT2D eigenvalue weighted by Gasteiger charge is 2.42. The molecule has 0 aliphatic carbocycles. The van der Waals surface area contributed by atoms with E-state index in [-0.39, 0.29) is 24.5 Å². The summed E-state index contributed by atoms with van der Waals surface area (Å²) in [5.74, 6) is 0.712. The Morgan fingerprint density at radius 1 is 1.02 bits per heavy atom. The molecule has 0 bridgehead atoms. The fourth-order valence-corrected chi connectivity index (χ4v) is 5.32. The molecule has 10 heteroatoms. The zero-order valence-electron chi connectivity index (χ0n) is 21.8. The second kappa shape index (κ2) is 10.6. The lowest BCUT2D eigenvalue weighted by Crippen LogP contribution is -2.38. The van der Waals surface area contributed by atoms with Crippen molar-refractivity contribution in [1.82, 2.24) is 19.5 Å². The van der Waals surface area contributed by atoms with Gasteiger partial charge in [-0.3, -0.25) is 14.3 Å². The maximum absolute atomic E-state index is 12.2. The van der Waals surface area contributed by atoms with Crippen molar-refractivity contribution >= 4 is 17.1 Å². The van der Waals surface area contributed by atoms with Gasteiger partial charge in [0.15, 0.2) is 11.2 Å². The molecule has 1 aliphatic heterocycles. The summed E-state index contributed by atoms with van der Waals surface area (Å²) in [6, 6.07) is 27.7. The third-order valence-corrected chi connectivity index (χ3v) is 7.29. The van der Waals surface area contributed by atoms with E-state index < -0.39 is 29.6 Å². The van der Waals surface area contributed by atoms with Crippen molar-refractivity contribution in [3.63, 3.8) is 0 Å². The molecule has 5 aromatic rings. The molecule has 40 heavy (non-hydrogen) atoms. The monoisotopic (exact) mass is 539 g/mol. The van der Waals surface area contributed by atoms with E-state index in [0.29, 0.717) is 5.65 Å². The molecule has 1 saturated heterocycles. The number of nitrogens with two attached hydrogens (primary N) is 1. The number of H-pyrrole nitrogens is 1. The van der Waals surface area contributed by atoms with Gasteiger partial charge in [0.05, 0.1) is 26.1 Å². The van der Waals surface area contributed by atoms with Gasteiger partial charge >= 0.3 is 0 Å². The van der Waals surface area contributed by atoms with Crippen LogP contribution >= 0.6 is 0 Å². The van der Waals surface area contributed by atoms with Gasteiger partial charge in [-0.15, -0.1) is 0 Å². The highest BCUT2D eigenvalue weighted by molar-refractivity contribution is 5.70. The minimum Gasteiger partial charge on any atom is -0.497 e. The maximum Gasteiger partial charge on any atom is 0.280 e. The molecule has 0 radical (unpaired) electrons. The van der Waals surface area contributed by atoms with E-state index in [1.807, 2.05) is 84.9 Å². The minimum atomic E-state index is -0.999. The van der Waals surface area contributed by atoms with Gasteiger partial charge in [-0.05, 0) is 28.8 Å². The van der Waals surface area contributed by atoms with Crippen LogP contribution in [-0.2, 0) is 15.1 Å². The first kappa shape index (κ1) is 25.8. The number of aliphatic hydroxyl groups is 1. The lowest BCUT2D eigenvalue weighted by Gasteiger charge is -2.37. The molecule has 6 rings (SSSR count). The third-order valence-electron chi connectivity index (χ3n) is 7.29. The Balaban J connectivity index is 1.36. The molecule has 4 N–H and O–H groups in total. The summed E-state index contributed by atoms with van der Waals surface area (Å²) in [4.78, 5) is 23.1. The van der Waals surface area contributed by atoms with Gasteiger partial charge in [0, 0.05) is 6.42 Å². The molecule has 3 heterocycles. The number of ether oxygens (including phenoxy) is 3. The Labute approximate surface area is 230 Å². The first-order chi connectivity index (χ1) is 19.5. The number of aromatic nitrogens is 4. The molecule has 0 amide bonds. The van der Waals surface area contributed by atoms with Crippen LogP contribution in [0.4, 0.5) is 5.95 Å². The van der Waals surface area contributed by atoms with Gasteiger partial charge < -0.3 is 25.1 Å². The van der Waals surface area contributed by atoms with Crippen molar-refractivity contribution in [2.24, 2.45) is 0 Å². The van der Waals surface area contributed by atoms with Crippen molar-refractivity contribution in [3.8, 4) is 5.75 Å². The van der Waals surface area contributed by atoms with Crippen molar-refractivity contribution in [1.29, 1.82) is 0 Å². The number of nitrogens with zero attached hydrogens (tertiary/aromatic N) is 3. The summed E-state index contributed by atoms with van der Waals surface area (Å²) < 4.78 is 20.2. The number of fused-ring (bicyclic) bond motifs is 1. The largest absolute Gasteiger partial charge is 0.497 e. The van der Waals surface area contributed by atoms with Crippen molar-refractivity contribution in [2.45, 2.75) is 30.5 Å². The zero-order valence-corrected chi connectivity index (χ0v) is 21.8. The summed E-state index contributed by atoms with van der Waals surface area (Å²) in [5, 5.41) is 11.0. The number of aliphatic hydroxyl groups excluding tert-OH is 1. The molecule has 1 fully saturated rings. The Morgan fingerprint density at radius 3 is 2.27 bits per heavy atom. The van der Waals surface area contributed by atoms with Gasteiger partial charge in [-0.1, -0.05) is 72.8 Å². The highest BCUT2D eigenvalue weighted by atomic mass is 16.6. The quantitative estimate of drug-likeness (QED) is 0.255. The van der Waals surface area contributed by atoms with Crippen LogP contribution in [0.2, 0.25) is 0 Å². The van der Waals surface area contributed by atoms with Crippen LogP contribution in [0, 0.1) is 0 Å². The standard InChI is InChI=1S/C30H29N5O5/c1-38-22-14-12-21(13-15-22)30(19-8-4-2-5-9-19,20-10-6-3-7-11-20)39-17-24-23(36)16-25(40-24)35-18-32-26-27(35)33-29(31)34-28(26)37/h2-15,18,23-25,36H,16-17H2,1H3,(H3,31,33,34,37)/t23-,24+,25+/m0/s1. The second-order valence-electron chi connectivity index (χ2n) is 9.66. The Morgan fingerprint density at radius 2 is 1.65 bits per heavy atom. The number of imidazole rings is 1. The number of nitrogens with one attached hydrogen (secondary N) is 1. The topological polar surface area (TPSA) is 138 Å².